The molecule has 1 atom stereocenters. The second-order valence-electron chi connectivity index (χ2n) is 12.0. The van der Waals surface area contributed by atoms with E-state index >= 15 is 0 Å². The average Bonchev–Trinajstić information content (AvgIpc) is 3.44. The third kappa shape index (κ3) is 7.21. The minimum absolute atomic E-state index is 0.0157. The number of anilines is 2. The number of fused-ring (bicyclic) bond motifs is 1. The Bertz CT molecular complexity index is 1530. The highest BCUT2D eigenvalue weighted by molar-refractivity contribution is 9.10. The summed E-state index contributed by atoms with van der Waals surface area (Å²) >= 11 is 10.0. The van der Waals surface area contributed by atoms with Crippen LogP contribution in [-0.4, -0.2) is 72.6 Å². The fourth-order valence-electron chi connectivity index (χ4n) is 4.53. The molecule has 2 amide bonds. The minimum Gasteiger partial charge on any atom is -0.479 e. The summed E-state index contributed by atoms with van der Waals surface area (Å²) in [5.41, 5.74) is -0.774. The number of nitrogens with zero attached hydrogens (tertiary/aromatic N) is 5. The summed E-state index contributed by atoms with van der Waals surface area (Å²) in [5.74, 6) is -0.969. The summed E-state index contributed by atoms with van der Waals surface area (Å²) in [7, 11) is 0. The van der Waals surface area contributed by atoms with Gasteiger partial charge >= 0.3 is 18.2 Å². The van der Waals surface area contributed by atoms with Gasteiger partial charge in [0.15, 0.2) is 22.5 Å². The van der Waals surface area contributed by atoms with Gasteiger partial charge in [-0.3, -0.25) is 5.32 Å². The lowest BCUT2D eigenvalue weighted by Gasteiger charge is -2.29. The first-order valence-corrected chi connectivity index (χ1v) is 14.3. The number of benzene rings is 1. The van der Waals surface area contributed by atoms with E-state index in [1.54, 1.807) is 64.6 Å². The van der Waals surface area contributed by atoms with Crippen molar-refractivity contribution in [1.29, 1.82) is 0 Å². The van der Waals surface area contributed by atoms with Crippen LogP contribution < -0.4 is 15.5 Å². The highest BCUT2D eigenvalue weighted by Crippen LogP contribution is 2.37. The van der Waals surface area contributed by atoms with E-state index in [1.807, 2.05) is 4.90 Å². The Morgan fingerprint density at radius 2 is 1.74 bits per heavy atom. The van der Waals surface area contributed by atoms with E-state index in [9.17, 15) is 19.5 Å². The molecular weight excluding hydrogens is 634 g/mol. The Balaban J connectivity index is 1.63. The van der Waals surface area contributed by atoms with Gasteiger partial charge in [0, 0.05) is 33.7 Å². The van der Waals surface area contributed by atoms with E-state index in [0.717, 1.165) is 5.56 Å². The number of carboxylic acid groups (broad SMARTS) is 1. The summed E-state index contributed by atoms with van der Waals surface area (Å²) < 4.78 is 13.1. The normalized spacial score (nSPS) is 17.3. The molecule has 0 unspecified atom stereocenters. The zero-order valence-electron chi connectivity index (χ0n) is 24.1. The SMILES string of the molecule is CC(C)(C)OC(=O)Nc1ncnc2c1ncn2Cc1c(Br)cc(Cl)cc1N1CC[C@](NC(=O)OC(C)(C)C)(C(=O)O)C1. The fourth-order valence-corrected chi connectivity index (χ4v) is 5.45. The van der Waals surface area contributed by atoms with Crippen LogP contribution in [0.2, 0.25) is 5.02 Å². The van der Waals surface area contributed by atoms with Crippen LogP contribution in [0.5, 0.6) is 0 Å². The number of amides is 2. The molecule has 226 valence electrons. The molecule has 3 heterocycles. The van der Waals surface area contributed by atoms with Crippen LogP contribution in [0.25, 0.3) is 11.2 Å². The molecule has 0 saturated carbocycles. The first-order valence-electron chi connectivity index (χ1n) is 13.1. The first-order chi connectivity index (χ1) is 19.5. The van der Waals surface area contributed by atoms with E-state index in [4.69, 9.17) is 21.1 Å². The van der Waals surface area contributed by atoms with E-state index < -0.39 is 34.9 Å². The molecule has 1 aliphatic rings. The Morgan fingerprint density at radius 1 is 1.07 bits per heavy atom. The fraction of sp³-hybridized carbons (Fsp3) is 0.481. The Morgan fingerprint density at radius 3 is 2.38 bits per heavy atom. The summed E-state index contributed by atoms with van der Waals surface area (Å²) in [4.78, 5) is 52.1. The van der Waals surface area contributed by atoms with Crippen LogP contribution in [-0.2, 0) is 20.8 Å². The maximum absolute atomic E-state index is 12.5. The lowest BCUT2D eigenvalue weighted by molar-refractivity contribution is -0.143. The van der Waals surface area contributed by atoms with E-state index in [1.165, 1.54) is 6.33 Å². The monoisotopic (exact) mass is 665 g/mol. The van der Waals surface area contributed by atoms with Gasteiger partial charge in [0.25, 0.3) is 0 Å². The standard InChI is InChI=1S/C27H33BrClN7O6/c1-25(2,3)41-23(39)33-20-19-21(31-13-30-20)36(14-32-19)11-16-17(28)9-15(29)10-18(16)35-8-7-27(12-35,22(37)38)34-24(40)42-26(4,5)6/h9-10,13-14H,7-8,11-12H2,1-6H3,(H,34,40)(H,37,38)(H,30,31,33,39)/t27-/m1/s1. The van der Waals surface area contributed by atoms with Crippen molar-refractivity contribution < 1.29 is 29.0 Å². The van der Waals surface area contributed by atoms with Crippen molar-refractivity contribution in [1.82, 2.24) is 24.8 Å². The number of alkyl carbamates (subject to hydrolysis) is 1. The van der Waals surface area contributed by atoms with Gasteiger partial charge in [-0.1, -0.05) is 27.5 Å². The van der Waals surface area contributed by atoms with Crippen LogP contribution in [0, 0.1) is 0 Å². The molecule has 0 aliphatic carbocycles. The molecule has 0 bridgehead atoms. The number of imidazole rings is 1. The molecule has 4 rings (SSSR count). The number of aliphatic carboxylic acids is 1. The number of halogens is 2. The van der Waals surface area contributed by atoms with Crippen LogP contribution in [0.4, 0.5) is 21.1 Å². The van der Waals surface area contributed by atoms with Crippen molar-refractivity contribution in [3.63, 3.8) is 0 Å². The lowest BCUT2D eigenvalue weighted by atomic mass is 9.99. The Hall–Kier alpha value is -3.65. The number of carbonyl (C=O) groups is 3. The molecule has 3 N–H and O–H groups in total. The number of carboxylic acids is 1. The van der Waals surface area contributed by atoms with Crippen molar-refractivity contribution >= 4 is 68.4 Å². The second-order valence-corrected chi connectivity index (χ2v) is 13.3. The topological polar surface area (TPSA) is 161 Å². The number of rotatable bonds is 6. The predicted octanol–water partition coefficient (Wildman–Crippen LogP) is 5.20. The molecule has 42 heavy (non-hydrogen) atoms. The minimum atomic E-state index is -1.56. The van der Waals surface area contributed by atoms with Gasteiger partial charge in [0.1, 0.15) is 17.5 Å². The van der Waals surface area contributed by atoms with Gasteiger partial charge in [0.05, 0.1) is 19.4 Å². The zero-order chi connectivity index (χ0) is 31.0. The molecule has 1 aliphatic heterocycles. The third-order valence-corrected chi connectivity index (χ3v) is 7.17. The summed E-state index contributed by atoms with van der Waals surface area (Å²) in [6.45, 7) is 11.0. The molecular formula is C27H33BrClN7O6. The molecule has 1 saturated heterocycles. The zero-order valence-corrected chi connectivity index (χ0v) is 26.5. The van der Waals surface area contributed by atoms with Gasteiger partial charge in [-0.2, -0.15) is 0 Å². The van der Waals surface area contributed by atoms with E-state index in [-0.39, 0.29) is 25.3 Å². The summed E-state index contributed by atoms with van der Waals surface area (Å²) in [5, 5.41) is 15.8. The van der Waals surface area contributed by atoms with Crippen molar-refractivity contribution in [2.45, 2.75) is 71.2 Å². The molecule has 0 spiro atoms. The molecule has 15 heteroatoms. The van der Waals surface area contributed by atoms with Crippen LogP contribution in [0.1, 0.15) is 53.5 Å². The largest absolute Gasteiger partial charge is 0.479 e. The number of carbonyl (C=O) groups excluding carboxylic acids is 2. The Kier molecular flexibility index (Phi) is 8.61. The molecule has 2 aromatic heterocycles. The first kappa shape index (κ1) is 31.3. The van der Waals surface area contributed by atoms with Crippen molar-refractivity contribution in [3.05, 3.63) is 39.8 Å². The number of ether oxygens (including phenoxy) is 2. The summed E-state index contributed by atoms with van der Waals surface area (Å²) in [6.07, 6.45) is 1.55. The van der Waals surface area contributed by atoms with Crippen LogP contribution in [0.3, 0.4) is 0 Å². The molecule has 1 aromatic carbocycles. The molecule has 13 nitrogen and oxygen atoms in total. The van der Waals surface area contributed by atoms with Crippen molar-refractivity contribution in [2.75, 3.05) is 23.3 Å². The van der Waals surface area contributed by atoms with Gasteiger partial charge in [0.2, 0.25) is 0 Å². The van der Waals surface area contributed by atoms with E-state index in [0.29, 0.717) is 32.9 Å². The highest BCUT2D eigenvalue weighted by Gasteiger charge is 2.47. The van der Waals surface area contributed by atoms with E-state index in [2.05, 4.69) is 41.5 Å². The van der Waals surface area contributed by atoms with Gasteiger partial charge in [-0.25, -0.2) is 29.3 Å². The van der Waals surface area contributed by atoms with Crippen molar-refractivity contribution in [3.8, 4) is 0 Å². The van der Waals surface area contributed by atoms with Gasteiger partial charge < -0.3 is 29.4 Å². The van der Waals surface area contributed by atoms with Crippen molar-refractivity contribution in [2.24, 2.45) is 0 Å². The third-order valence-electron chi connectivity index (χ3n) is 6.25. The molecule has 0 radical (unpaired) electrons. The second kappa shape index (κ2) is 11.6. The smallest absolute Gasteiger partial charge is 0.413 e. The maximum atomic E-state index is 12.5. The summed E-state index contributed by atoms with van der Waals surface area (Å²) in [6, 6.07) is 3.49. The quantitative estimate of drug-likeness (QED) is 0.319. The highest BCUT2D eigenvalue weighted by atomic mass is 79.9. The Labute approximate surface area is 256 Å². The molecule has 3 aromatic rings. The number of nitrogens with one attached hydrogen (secondary N) is 2. The number of hydrogen-bond donors (Lipinski definition) is 3. The lowest BCUT2D eigenvalue weighted by Crippen LogP contribution is -2.57. The number of aromatic nitrogens is 4. The maximum Gasteiger partial charge on any atom is 0.413 e. The molecule has 1 fully saturated rings. The number of hydrogen-bond acceptors (Lipinski definition) is 9. The van der Waals surface area contributed by atoms with Gasteiger partial charge in [-0.05, 0) is 53.7 Å². The average molecular weight is 667 g/mol. The van der Waals surface area contributed by atoms with Crippen LogP contribution >= 0.6 is 27.5 Å². The van der Waals surface area contributed by atoms with Gasteiger partial charge in [-0.15, -0.1) is 0 Å². The van der Waals surface area contributed by atoms with Crippen LogP contribution in [0.15, 0.2) is 29.3 Å². The predicted molar refractivity (Wildman–Crippen MR) is 160 cm³/mol.